The molecule has 2 nitrogen and oxygen atoms in total. The van der Waals surface area contributed by atoms with Crippen LogP contribution in [0.15, 0.2) is 60.2 Å². The second kappa shape index (κ2) is 9.20. The van der Waals surface area contributed by atoms with Crippen LogP contribution >= 0.6 is 0 Å². The number of rotatable bonds is 6. The average molecular weight is 401 g/mol. The monoisotopic (exact) mass is 400 g/mol. The summed E-state index contributed by atoms with van der Waals surface area (Å²) in [5, 5.41) is 7.64. The molecule has 4 rings (SSSR count). The molecule has 0 bridgehead atoms. The number of benzene rings is 2. The van der Waals surface area contributed by atoms with E-state index >= 15 is 0 Å². The fourth-order valence-corrected chi connectivity index (χ4v) is 5.41. The van der Waals surface area contributed by atoms with Crippen molar-refractivity contribution in [3.05, 3.63) is 77.4 Å². The molecule has 2 aromatic rings. The summed E-state index contributed by atoms with van der Waals surface area (Å²) in [6.07, 6.45) is 8.79. The molecule has 2 atom stereocenters. The number of aryl methyl sites for hydroxylation is 1. The molecule has 0 radical (unpaired) electrons. The summed E-state index contributed by atoms with van der Waals surface area (Å²) < 4.78 is 0. The van der Waals surface area contributed by atoms with E-state index in [1.165, 1.54) is 60.1 Å². The van der Waals surface area contributed by atoms with Gasteiger partial charge in [-0.25, -0.2) is 0 Å². The van der Waals surface area contributed by atoms with E-state index in [9.17, 15) is 0 Å². The molecule has 2 aliphatic rings. The third-order valence-electron chi connectivity index (χ3n) is 7.26. The number of hydrogen-bond donors (Lipinski definition) is 0. The largest absolute Gasteiger partial charge is 0.293 e. The van der Waals surface area contributed by atoms with Crippen LogP contribution in [-0.2, 0) is 0 Å². The minimum absolute atomic E-state index is 0.290. The Kier molecular flexibility index (Phi) is 6.41. The van der Waals surface area contributed by atoms with Gasteiger partial charge in [0.1, 0.15) is 0 Å². The molecule has 0 saturated heterocycles. The van der Waals surface area contributed by atoms with Gasteiger partial charge in [-0.15, -0.1) is 0 Å². The zero-order chi connectivity index (χ0) is 21.1. The predicted molar refractivity (Wildman–Crippen MR) is 129 cm³/mol. The second-order valence-corrected chi connectivity index (χ2v) is 9.37. The van der Waals surface area contributed by atoms with Gasteiger partial charge in [-0.2, -0.15) is 5.10 Å². The molecule has 30 heavy (non-hydrogen) atoms. The van der Waals surface area contributed by atoms with Crippen molar-refractivity contribution in [3.8, 4) is 0 Å². The summed E-state index contributed by atoms with van der Waals surface area (Å²) >= 11 is 0. The molecule has 0 aromatic heterocycles. The molecule has 0 N–H and O–H groups in total. The van der Waals surface area contributed by atoms with E-state index in [0.29, 0.717) is 6.04 Å². The number of hydrazone groups is 1. The van der Waals surface area contributed by atoms with E-state index in [1.807, 2.05) is 6.08 Å². The second-order valence-electron chi connectivity index (χ2n) is 9.37. The lowest BCUT2D eigenvalue weighted by Crippen LogP contribution is -2.34. The molecular weight excluding hydrogens is 364 g/mol. The van der Waals surface area contributed by atoms with Crippen LogP contribution in [0.1, 0.15) is 74.1 Å². The van der Waals surface area contributed by atoms with Crippen molar-refractivity contribution in [1.29, 1.82) is 0 Å². The Morgan fingerprint density at radius 2 is 1.73 bits per heavy atom. The molecule has 1 fully saturated rings. The first kappa shape index (κ1) is 20.9. The van der Waals surface area contributed by atoms with Crippen LogP contribution in [0, 0.1) is 18.8 Å². The van der Waals surface area contributed by atoms with E-state index in [1.54, 1.807) is 0 Å². The normalized spacial score (nSPS) is 26.5. The summed E-state index contributed by atoms with van der Waals surface area (Å²) in [5.41, 5.74) is 6.30. The van der Waals surface area contributed by atoms with Gasteiger partial charge < -0.3 is 0 Å². The molecule has 1 aliphatic carbocycles. The molecule has 2 heteroatoms. The Hall–Kier alpha value is -2.35. The fraction of sp³-hybridized carbons (Fsp3) is 0.464. The van der Waals surface area contributed by atoms with Crippen molar-refractivity contribution in [2.45, 2.75) is 64.8 Å². The first-order chi connectivity index (χ1) is 14.6. The van der Waals surface area contributed by atoms with Crippen molar-refractivity contribution in [3.63, 3.8) is 0 Å². The minimum Gasteiger partial charge on any atom is -0.293 e. The van der Waals surface area contributed by atoms with Gasteiger partial charge in [0, 0.05) is 6.54 Å². The lowest BCUT2D eigenvalue weighted by atomic mass is 9.80. The van der Waals surface area contributed by atoms with Crippen LogP contribution in [0.2, 0.25) is 0 Å². The van der Waals surface area contributed by atoms with Crippen LogP contribution in [0.25, 0.3) is 6.08 Å². The standard InChI is InChI=1S/C28H36N2/c1-5-22-12-14-24(15-13-22)19-30-21(4)27(26-17-20(3)16-23(6-2)18-26)28(29-30)25-10-8-7-9-11-25/h6-11,16-18,21-22,24,27H,2,5,12-15,19H2,1,3-4H3. The summed E-state index contributed by atoms with van der Waals surface area (Å²) in [6.45, 7) is 12.0. The molecule has 158 valence electrons. The molecular formula is C28H36N2. The maximum absolute atomic E-state index is 5.24. The van der Waals surface area contributed by atoms with Crippen molar-refractivity contribution in [1.82, 2.24) is 5.01 Å². The Balaban J connectivity index is 1.63. The van der Waals surface area contributed by atoms with E-state index < -0.39 is 0 Å². The first-order valence-electron chi connectivity index (χ1n) is 11.7. The molecule has 1 heterocycles. The summed E-state index contributed by atoms with van der Waals surface area (Å²) in [4.78, 5) is 0. The van der Waals surface area contributed by atoms with Crippen LogP contribution in [0.4, 0.5) is 0 Å². The van der Waals surface area contributed by atoms with E-state index in [-0.39, 0.29) is 5.92 Å². The highest BCUT2D eigenvalue weighted by Crippen LogP contribution is 2.38. The molecule has 2 aromatic carbocycles. The smallest absolute Gasteiger partial charge is 0.0773 e. The van der Waals surface area contributed by atoms with E-state index in [0.717, 1.165) is 18.4 Å². The van der Waals surface area contributed by atoms with Crippen molar-refractivity contribution in [2.24, 2.45) is 16.9 Å². The lowest BCUT2D eigenvalue weighted by molar-refractivity contribution is 0.157. The Morgan fingerprint density at radius 3 is 2.40 bits per heavy atom. The zero-order valence-corrected chi connectivity index (χ0v) is 18.8. The molecule has 1 aliphatic heterocycles. The Labute approximate surface area is 182 Å². The van der Waals surface area contributed by atoms with Crippen LogP contribution in [-0.4, -0.2) is 23.3 Å². The Bertz CT molecular complexity index is 890. The first-order valence-corrected chi connectivity index (χ1v) is 11.7. The zero-order valence-electron chi connectivity index (χ0n) is 18.8. The van der Waals surface area contributed by atoms with Crippen LogP contribution in [0.3, 0.4) is 0 Å². The third kappa shape index (κ3) is 4.38. The van der Waals surface area contributed by atoms with Gasteiger partial charge in [0.2, 0.25) is 0 Å². The van der Waals surface area contributed by atoms with Gasteiger partial charge >= 0.3 is 0 Å². The summed E-state index contributed by atoms with van der Waals surface area (Å²) in [5.74, 6) is 2.01. The highest BCUT2D eigenvalue weighted by Gasteiger charge is 2.37. The molecule has 2 unspecified atom stereocenters. The van der Waals surface area contributed by atoms with E-state index in [4.69, 9.17) is 5.10 Å². The van der Waals surface area contributed by atoms with Crippen molar-refractivity contribution in [2.75, 3.05) is 6.54 Å². The molecule has 1 saturated carbocycles. The van der Waals surface area contributed by atoms with Crippen LogP contribution < -0.4 is 0 Å². The van der Waals surface area contributed by atoms with Crippen LogP contribution in [0.5, 0.6) is 0 Å². The Morgan fingerprint density at radius 1 is 1.03 bits per heavy atom. The minimum atomic E-state index is 0.290. The quantitative estimate of drug-likeness (QED) is 0.507. The van der Waals surface area contributed by atoms with Gasteiger partial charge in [-0.05, 0) is 55.2 Å². The maximum atomic E-state index is 5.24. The summed E-state index contributed by atoms with van der Waals surface area (Å²) in [7, 11) is 0. The maximum Gasteiger partial charge on any atom is 0.0773 e. The van der Waals surface area contributed by atoms with Gasteiger partial charge in [0.05, 0.1) is 17.7 Å². The highest BCUT2D eigenvalue weighted by atomic mass is 15.5. The highest BCUT2D eigenvalue weighted by molar-refractivity contribution is 6.06. The fourth-order valence-electron chi connectivity index (χ4n) is 5.41. The third-order valence-corrected chi connectivity index (χ3v) is 7.26. The molecule has 0 amide bonds. The average Bonchev–Trinajstić information content (AvgIpc) is 3.10. The SMILES string of the molecule is C=Cc1cc(C)cc(C2C(c3ccccc3)=NN(CC3CCC(CC)CC3)C2C)c1. The van der Waals surface area contributed by atoms with Gasteiger partial charge in [0.25, 0.3) is 0 Å². The van der Waals surface area contributed by atoms with Gasteiger partial charge in [-0.3, -0.25) is 5.01 Å². The van der Waals surface area contributed by atoms with E-state index in [2.05, 4.69) is 80.9 Å². The van der Waals surface area contributed by atoms with Gasteiger partial charge in [-0.1, -0.05) is 92.9 Å². The predicted octanol–water partition coefficient (Wildman–Crippen LogP) is 7.05. The lowest BCUT2D eigenvalue weighted by Gasteiger charge is -2.33. The van der Waals surface area contributed by atoms with Crippen molar-refractivity contribution >= 4 is 11.8 Å². The number of hydrogen-bond acceptors (Lipinski definition) is 2. The topological polar surface area (TPSA) is 15.6 Å². The number of nitrogens with zero attached hydrogens (tertiary/aromatic N) is 2. The molecule has 0 spiro atoms. The van der Waals surface area contributed by atoms with Crippen molar-refractivity contribution < 1.29 is 0 Å². The summed E-state index contributed by atoms with van der Waals surface area (Å²) in [6, 6.07) is 18.0. The van der Waals surface area contributed by atoms with Gasteiger partial charge in [0.15, 0.2) is 0 Å².